The van der Waals surface area contributed by atoms with E-state index < -0.39 is 6.09 Å². The Hall–Kier alpha value is -2.04. The number of nitrogens with zero attached hydrogens (tertiary/aromatic N) is 1. The van der Waals surface area contributed by atoms with Gasteiger partial charge in [0.05, 0.1) is 11.7 Å². The summed E-state index contributed by atoms with van der Waals surface area (Å²) in [6.45, 7) is 1.51. The fourth-order valence-electron chi connectivity index (χ4n) is 3.71. The number of carboxylic acid groups (broad SMARTS) is 1. The van der Waals surface area contributed by atoms with Crippen molar-refractivity contribution in [1.82, 2.24) is 5.32 Å². The zero-order chi connectivity index (χ0) is 14.3. The molecule has 2 aliphatic rings. The van der Waals surface area contributed by atoms with Crippen molar-refractivity contribution in [2.75, 3.05) is 4.90 Å². The maximum atomic E-state index is 11.6. The molecule has 1 aromatic carbocycles. The lowest BCUT2D eigenvalue weighted by molar-refractivity contribution is -0.120. The van der Waals surface area contributed by atoms with Gasteiger partial charge in [-0.15, -0.1) is 0 Å². The van der Waals surface area contributed by atoms with E-state index in [0.717, 1.165) is 24.8 Å². The summed E-state index contributed by atoms with van der Waals surface area (Å²) in [6.07, 6.45) is 1.91. The Morgan fingerprint density at radius 2 is 2.05 bits per heavy atom. The molecule has 1 heterocycles. The fourth-order valence-corrected chi connectivity index (χ4v) is 3.71. The summed E-state index contributed by atoms with van der Waals surface area (Å²) in [6, 6.07) is 7.37. The van der Waals surface area contributed by atoms with E-state index in [4.69, 9.17) is 0 Å². The third-order valence-electron chi connectivity index (χ3n) is 4.39. The van der Waals surface area contributed by atoms with E-state index in [1.807, 2.05) is 24.3 Å². The van der Waals surface area contributed by atoms with Gasteiger partial charge in [-0.05, 0) is 24.5 Å². The van der Waals surface area contributed by atoms with Crippen LogP contribution in [0.25, 0.3) is 0 Å². The Morgan fingerprint density at radius 1 is 1.30 bits per heavy atom. The molecule has 1 saturated carbocycles. The molecule has 0 radical (unpaired) electrons. The molecule has 3 unspecified atom stereocenters. The first-order valence-corrected chi connectivity index (χ1v) is 6.98. The minimum atomic E-state index is -0.907. The molecule has 0 bridgehead atoms. The van der Waals surface area contributed by atoms with Gasteiger partial charge in [0.1, 0.15) is 0 Å². The van der Waals surface area contributed by atoms with Gasteiger partial charge in [0.25, 0.3) is 0 Å². The SMILES string of the molecule is CC(=O)NC1c2ccccc2N(C(=O)O)C2CCCC12. The van der Waals surface area contributed by atoms with Crippen molar-refractivity contribution in [2.45, 2.75) is 38.3 Å². The van der Waals surface area contributed by atoms with Gasteiger partial charge in [0, 0.05) is 18.9 Å². The van der Waals surface area contributed by atoms with Gasteiger partial charge in [-0.3, -0.25) is 9.69 Å². The average molecular weight is 274 g/mol. The van der Waals surface area contributed by atoms with Crippen LogP contribution in [0.2, 0.25) is 0 Å². The van der Waals surface area contributed by atoms with Crippen molar-refractivity contribution in [1.29, 1.82) is 0 Å². The second-order valence-corrected chi connectivity index (χ2v) is 5.55. The number of anilines is 1. The van der Waals surface area contributed by atoms with Crippen LogP contribution in [-0.4, -0.2) is 23.1 Å². The molecule has 5 nitrogen and oxygen atoms in total. The van der Waals surface area contributed by atoms with E-state index in [1.54, 1.807) is 0 Å². The highest BCUT2D eigenvalue weighted by molar-refractivity contribution is 5.89. The predicted octanol–water partition coefficient (Wildman–Crippen LogP) is 2.53. The van der Waals surface area contributed by atoms with Gasteiger partial charge < -0.3 is 10.4 Å². The Bertz CT molecular complexity index is 558. The van der Waals surface area contributed by atoms with Crippen molar-refractivity contribution in [3.05, 3.63) is 29.8 Å². The van der Waals surface area contributed by atoms with Crippen molar-refractivity contribution in [3.63, 3.8) is 0 Å². The van der Waals surface area contributed by atoms with Gasteiger partial charge >= 0.3 is 6.09 Å². The minimum absolute atomic E-state index is 0.0285. The Labute approximate surface area is 117 Å². The third-order valence-corrected chi connectivity index (χ3v) is 4.39. The second-order valence-electron chi connectivity index (χ2n) is 5.55. The molecule has 2 N–H and O–H groups in total. The molecule has 3 rings (SSSR count). The molecule has 3 atom stereocenters. The smallest absolute Gasteiger partial charge is 0.412 e. The molecule has 20 heavy (non-hydrogen) atoms. The highest BCUT2D eigenvalue weighted by Gasteiger charge is 2.46. The molecule has 106 valence electrons. The van der Waals surface area contributed by atoms with Gasteiger partial charge in [-0.2, -0.15) is 0 Å². The maximum Gasteiger partial charge on any atom is 0.412 e. The number of carbonyl (C=O) groups excluding carboxylic acids is 1. The molecule has 1 fully saturated rings. The van der Waals surface area contributed by atoms with E-state index in [-0.39, 0.29) is 23.9 Å². The first kappa shape index (κ1) is 13.0. The number of amides is 2. The van der Waals surface area contributed by atoms with Gasteiger partial charge in [-0.1, -0.05) is 24.6 Å². The van der Waals surface area contributed by atoms with Crippen LogP contribution in [0, 0.1) is 5.92 Å². The molecule has 1 aromatic rings. The number of nitrogens with one attached hydrogen (secondary N) is 1. The summed E-state index contributed by atoms with van der Waals surface area (Å²) in [5.74, 6) is 0.101. The summed E-state index contributed by atoms with van der Waals surface area (Å²) in [5, 5.41) is 12.5. The number of benzene rings is 1. The summed E-state index contributed by atoms with van der Waals surface area (Å²) < 4.78 is 0. The minimum Gasteiger partial charge on any atom is -0.465 e. The predicted molar refractivity (Wildman–Crippen MR) is 74.6 cm³/mol. The average Bonchev–Trinajstić information content (AvgIpc) is 2.86. The standard InChI is InChI=1S/C15H18N2O3/c1-9(18)16-14-10-5-2-3-7-12(10)17(15(19)20)13-8-4-6-11(13)14/h2-3,5,7,11,13-14H,4,6,8H2,1H3,(H,16,18)(H,19,20). The normalized spacial score (nSPS) is 27.6. The van der Waals surface area contributed by atoms with E-state index >= 15 is 0 Å². The van der Waals surface area contributed by atoms with Crippen LogP contribution in [0.4, 0.5) is 10.5 Å². The van der Waals surface area contributed by atoms with Crippen molar-refractivity contribution < 1.29 is 14.7 Å². The molecule has 1 aliphatic carbocycles. The van der Waals surface area contributed by atoms with Crippen LogP contribution >= 0.6 is 0 Å². The largest absolute Gasteiger partial charge is 0.465 e. The second kappa shape index (κ2) is 4.81. The van der Waals surface area contributed by atoms with Crippen molar-refractivity contribution in [2.24, 2.45) is 5.92 Å². The third kappa shape index (κ3) is 1.94. The number of carbonyl (C=O) groups is 2. The van der Waals surface area contributed by atoms with Crippen LogP contribution in [0.15, 0.2) is 24.3 Å². The lowest BCUT2D eigenvalue weighted by Gasteiger charge is -2.42. The molecule has 0 saturated heterocycles. The summed E-state index contributed by atoms with van der Waals surface area (Å²) in [5.41, 5.74) is 1.62. The highest BCUT2D eigenvalue weighted by atomic mass is 16.4. The summed E-state index contributed by atoms with van der Waals surface area (Å²) in [4.78, 5) is 24.6. The molecule has 1 aliphatic heterocycles. The van der Waals surface area contributed by atoms with E-state index in [9.17, 15) is 14.7 Å². The van der Waals surface area contributed by atoms with Crippen molar-refractivity contribution in [3.8, 4) is 0 Å². The molecular weight excluding hydrogens is 256 g/mol. The first-order valence-electron chi connectivity index (χ1n) is 6.98. The van der Waals surface area contributed by atoms with Gasteiger partial charge in [-0.25, -0.2) is 4.79 Å². The Morgan fingerprint density at radius 3 is 2.75 bits per heavy atom. The van der Waals surface area contributed by atoms with Crippen LogP contribution in [0.3, 0.4) is 0 Å². The quantitative estimate of drug-likeness (QED) is 0.826. The number of hydrogen-bond acceptors (Lipinski definition) is 2. The monoisotopic (exact) mass is 274 g/mol. The van der Waals surface area contributed by atoms with Crippen LogP contribution in [-0.2, 0) is 4.79 Å². The molecular formula is C15H18N2O3. The maximum absolute atomic E-state index is 11.6. The fraction of sp³-hybridized carbons (Fsp3) is 0.467. The number of fused-ring (bicyclic) bond motifs is 2. The van der Waals surface area contributed by atoms with Crippen LogP contribution < -0.4 is 10.2 Å². The van der Waals surface area contributed by atoms with E-state index in [1.165, 1.54) is 11.8 Å². The topological polar surface area (TPSA) is 69.6 Å². The Kier molecular flexibility index (Phi) is 3.12. The summed E-state index contributed by atoms with van der Waals surface area (Å²) >= 11 is 0. The Balaban J connectivity index is 2.10. The van der Waals surface area contributed by atoms with Crippen LogP contribution in [0.5, 0.6) is 0 Å². The molecule has 5 heteroatoms. The van der Waals surface area contributed by atoms with Crippen LogP contribution in [0.1, 0.15) is 37.8 Å². The number of hydrogen-bond donors (Lipinski definition) is 2. The van der Waals surface area contributed by atoms with Gasteiger partial charge in [0.15, 0.2) is 0 Å². The van der Waals surface area contributed by atoms with Crippen molar-refractivity contribution >= 4 is 17.7 Å². The molecule has 2 amide bonds. The number of para-hydroxylation sites is 1. The van der Waals surface area contributed by atoms with Gasteiger partial charge in [0.2, 0.25) is 5.91 Å². The zero-order valence-electron chi connectivity index (χ0n) is 11.4. The van der Waals surface area contributed by atoms with E-state index in [0.29, 0.717) is 5.69 Å². The van der Waals surface area contributed by atoms with E-state index in [2.05, 4.69) is 5.32 Å². The molecule has 0 spiro atoms. The lowest BCUT2D eigenvalue weighted by atomic mass is 9.83. The number of rotatable bonds is 1. The highest BCUT2D eigenvalue weighted by Crippen LogP contribution is 2.47. The molecule has 0 aromatic heterocycles. The first-order chi connectivity index (χ1) is 9.59. The zero-order valence-corrected chi connectivity index (χ0v) is 11.4. The summed E-state index contributed by atoms with van der Waals surface area (Å²) in [7, 11) is 0. The lowest BCUT2D eigenvalue weighted by Crippen LogP contribution is -2.50.